The molecule has 26 heavy (non-hydrogen) atoms. The van der Waals surface area contributed by atoms with Crippen LogP contribution in [0.4, 0.5) is 0 Å². The van der Waals surface area contributed by atoms with Crippen molar-refractivity contribution in [3.8, 4) is 0 Å². The Kier molecular flexibility index (Phi) is 4.21. The fraction of sp³-hybridized carbons (Fsp3) is 0.238. The molecule has 0 aliphatic carbocycles. The number of carbonyl (C=O) groups excluding carboxylic acids is 2. The number of aromatic nitrogens is 1. The van der Waals surface area contributed by atoms with Crippen molar-refractivity contribution in [3.63, 3.8) is 0 Å². The smallest absolute Gasteiger partial charge is 0.270 e. The first-order valence-corrected chi connectivity index (χ1v) is 8.84. The molecule has 1 aliphatic heterocycles. The molecule has 2 heterocycles. The first kappa shape index (κ1) is 16.4. The minimum absolute atomic E-state index is 0.0265. The molecule has 0 saturated carbocycles. The summed E-state index contributed by atoms with van der Waals surface area (Å²) in [5.41, 5.74) is 3.63. The minimum Gasteiger partial charge on any atom is -0.354 e. The number of carbonyl (C=O) groups is 2. The van der Waals surface area contributed by atoms with E-state index in [9.17, 15) is 9.59 Å². The zero-order chi connectivity index (χ0) is 18.1. The van der Waals surface area contributed by atoms with E-state index in [0.29, 0.717) is 18.8 Å². The van der Waals surface area contributed by atoms with Crippen molar-refractivity contribution in [2.24, 2.45) is 0 Å². The predicted molar refractivity (Wildman–Crippen MR) is 101 cm³/mol. The van der Waals surface area contributed by atoms with Gasteiger partial charge in [0.15, 0.2) is 0 Å². The van der Waals surface area contributed by atoms with Crippen LogP contribution in [0.15, 0.2) is 54.6 Å². The topological polar surface area (TPSA) is 65.2 Å². The van der Waals surface area contributed by atoms with Crippen LogP contribution in [0, 0.1) is 6.92 Å². The van der Waals surface area contributed by atoms with Crippen molar-refractivity contribution in [3.05, 3.63) is 71.4 Å². The molecule has 2 aromatic carbocycles. The number of aryl methyl sites for hydroxylation is 1. The van der Waals surface area contributed by atoms with Gasteiger partial charge in [-0.25, -0.2) is 0 Å². The molecule has 5 heteroatoms. The molecular formula is C21H21N3O2. The van der Waals surface area contributed by atoms with Crippen LogP contribution in [-0.2, 0) is 4.79 Å². The molecule has 1 saturated heterocycles. The Morgan fingerprint density at radius 1 is 1.12 bits per heavy atom. The summed E-state index contributed by atoms with van der Waals surface area (Å²) in [6.07, 6.45) is 0.273. The molecule has 1 fully saturated rings. The SMILES string of the molecule is Cc1ccc2[nH]c(C(=O)N3CCNC(=O)CC3c3ccccc3)cc2c1. The number of amides is 2. The van der Waals surface area contributed by atoms with Crippen molar-refractivity contribution >= 4 is 22.7 Å². The van der Waals surface area contributed by atoms with Gasteiger partial charge in [0.05, 0.1) is 12.5 Å². The summed E-state index contributed by atoms with van der Waals surface area (Å²) in [5, 5.41) is 3.89. The largest absolute Gasteiger partial charge is 0.354 e. The summed E-state index contributed by atoms with van der Waals surface area (Å²) in [6, 6.07) is 17.5. The molecule has 0 spiro atoms. The van der Waals surface area contributed by atoms with Crippen molar-refractivity contribution in [1.82, 2.24) is 15.2 Å². The molecule has 1 aliphatic rings. The number of H-pyrrole nitrogens is 1. The molecule has 2 N–H and O–H groups in total. The molecule has 1 aromatic heterocycles. The Balaban J connectivity index is 1.71. The third-order valence-electron chi connectivity index (χ3n) is 4.88. The second-order valence-corrected chi connectivity index (χ2v) is 6.75. The van der Waals surface area contributed by atoms with Crippen LogP contribution < -0.4 is 5.32 Å². The van der Waals surface area contributed by atoms with Crippen molar-refractivity contribution in [2.45, 2.75) is 19.4 Å². The van der Waals surface area contributed by atoms with E-state index in [0.717, 1.165) is 22.0 Å². The summed E-state index contributed by atoms with van der Waals surface area (Å²) in [7, 11) is 0. The predicted octanol–water partition coefficient (Wildman–Crippen LogP) is 3.18. The Morgan fingerprint density at radius 2 is 1.92 bits per heavy atom. The zero-order valence-corrected chi connectivity index (χ0v) is 14.7. The average molecular weight is 347 g/mol. The van der Waals surface area contributed by atoms with Gasteiger partial charge >= 0.3 is 0 Å². The van der Waals surface area contributed by atoms with Crippen molar-refractivity contribution in [1.29, 1.82) is 0 Å². The van der Waals surface area contributed by atoms with Crippen LogP contribution in [0.1, 0.15) is 34.1 Å². The zero-order valence-electron chi connectivity index (χ0n) is 14.7. The van der Waals surface area contributed by atoms with Gasteiger partial charge in [-0.1, -0.05) is 42.0 Å². The number of hydrogen-bond donors (Lipinski definition) is 2. The summed E-state index contributed by atoms with van der Waals surface area (Å²) in [5.74, 6) is -0.106. The number of fused-ring (bicyclic) bond motifs is 1. The van der Waals surface area contributed by atoms with Crippen molar-refractivity contribution in [2.75, 3.05) is 13.1 Å². The van der Waals surface area contributed by atoms with E-state index in [-0.39, 0.29) is 24.3 Å². The highest BCUT2D eigenvalue weighted by Crippen LogP contribution is 2.28. The summed E-state index contributed by atoms with van der Waals surface area (Å²) in [6.45, 7) is 2.98. The lowest BCUT2D eigenvalue weighted by molar-refractivity contribution is -0.121. The lowest BCUT2D eigenvalue weighted by Gasteiger charge is -2.29. The minimum atomic E-state index is -0.264. The molecule has 3 aromatic rings. The lowest BCUT2D eigenvalue weighted by Crippen LogP contribution is -2.36. The third kappa shape index (κ3) is 3.08. The highest BCUT2D eigenvalue weighted by Gasteiger charge is 2.31. The van der Waals surface area contributed by atoms with E-state index in [4.69, 9.17) is 0 Å². The molecule has 132 valence electrons. The number of nitrogens with zero attached hydrogens (tertiary/aromatic N) is 1. The first-order valence-electron chi connectivity index (χ1n) is 8.84. The monoisotopic (exact) mass is 347 g/mol. The fourth-order valence-electron chi connectivity index (χ4n) is 3.57. The maximum absolute atomic E-state index is 13.3. The average Bonchev–Trinajstić information content (AvgIpc) is 2.97. The summed E-state index contributed by atoms with van der Waals surface area (Å²) in [4.78, 5) is 30.4. The molecule has 1 atom stereocenters. The molecule has 1 unspecified atom stereocenters. The first-order chi connectivity index (χ1) is 12.6. The second-order valence-electron chi connectivity index (χ2n) is 6.75. The van der Waals surface area contributed by atoms with Gasteiger partial charge in [0, 0.05) is 24.0 Å². The highest BCUT2D eigenvalue weighted by molar-refractivity contribution is 5.98. The quantitative estimate of drug-likeness (QED) is 0.748. The molecule has 0 bridgehead atoms. The molecule has 2 amide bonds. The van der Waals surface area contributed by atoms with Gasteiger partial charge in [-0.15, -0.1) is 0 Å². The van der Waals surface area contributed by atoms with Gasteiger partial charge < -0.3 is 15.2 Å². The second kappa shape index (κ2) is 6.67. The maximum atomic E-state index is 13.3. The summed E-state index contributed by atoms with van der Waals surface area (Å²) < 4.78 is 0. The maximum Gasteiger partial charge on any atom is 0.270 e. The third-order valence-corrected chi connectivity index (χ3v) is 4.88. The van der Waals surface area contributed by atoms with Gasteiger partial charge in [0.2, 0.25) is 5.91 Å². The van der Waals surface area contributed by atoms with Gasteiger partial charge in [-0.3, -0.25) is 9.59 Å². The number of hydrogen-bond acceptors (Lipinski definition) is 2. The van der Waals surface area contributed by atoms with E-state index in [1.165, 1.54) is 0 Å². The molecular weight excluding hydrogens is 326 g/mol. The normalized spacial score (nSPS) is 17.8. The van der Waals surface area contributed by atoms with E-state index >= 15 is 0 Å². The Hall–Kier alpha value is -3.08. The van der Waals surface area contributed by atoms with Crippen LogP contribution in [0.2, 0.25) is 0 Å². The van der Waals surface area contributed by atoms with E-state index in [1.807, 2.05) is 55.5 Å². The molecule has 0 radical (unpaired) electrons. The fourth-order valence-corrected chi connectivity index (χ4v) is 3.57. The van der Waals surface area contributed by atoms with Gasteiger partial charge in [0.1, 0.15) is 5.69 Å². The van der Waals surface area contributed by atoms with Crippen LogP contribution in [0.25, 0.3) is 10.9 Å². The van der Waals surface area contributed by atoms with E-state index in [2.05, 4.69) is 16.4 Å². The van der Waals surface area contributed by atoms with Crippen LogP contribution in [0.5, 0.6) is 0 Å². The Bertz CT molecular complexity index is 962. The van der Waals surface area contributed by atoms with E-state index < -0.39 is 0 Å². The highest BCUT2D eigenvalue weighted by atomic mass is 16.2. The van der Waals surface area contributed by atoms with Crippen LogP contribution in [-0.4, -0.2) is 34.8 Å². The number of aromatic amines is 1. The summed E-state index contributed by atoms with van der Waals surface area (Å²) >= 11 is 0. The Labute approximate surface area is 152 Å². The molecule has 5 nitrogen and oxygen atoms in total. The standard InChI is InChI=1S/C21H21N3O2/c1-14-7-8-17-16(11-14)12-18(23-17)21(26)24-10-9-22-20(25)13-19(24)15-5-3-2-4-6-15/h2-8,11-12,19,23H,9-10,13H2,1H3,(H,22,25). The van der Waals surface area contributed by atoms with Crippen LogP contribution in [0.3, 0.4) is 0 Å². The van der Waals surface area contributed by atoms with E-state index in [1.54, 1.807) is 4.90 Å². The van der Waals surface area contributed by atoms with Gasteiger partial charge in [0.25, 0.3) is 5.91 Å². The molecule has 4 rings (SSSR count). The Morgan fingerprint density at radius 3 is 2.73 bits per heavy atom. The number of benzene rings is 2. The van der Waals surface area contributed by atoms with Gasteiger partial charge in [-0.05, 0) is 30.7 Å². The van der Waals surface area contributed by atoms with Crippen LogP contribution >= 0.6 is 0 Å². The lowest BCUT2D eigenvalue weighted by atomic mass is 10.0. The van der Waals surface area contributed by atoms with Crippen molar-refractivity contribution < 1.29 is 9.59 Å². The number of rotatable bonds is 2. The van der Waals surface area contributed by atoms with Gasteiger partial charge in [-0.2, -0.15) is 0 Å². The number of nitrogens with one attached hydrogen (secondary N) is 2.